The van der Waals surface area contributed by atoms with Gasteiger partial charge in [-0.3, -0.25) is 14.6 Å². The first-order valence-electron chi connectivity index (χ1n) is 13.0. The average molecular weight is 512 g/mol. The van der Waals surface area contributed by atoms with Crippen LogP contribution in [0.1, 0.15) is 62.7 Å². The second kappa shape index (κ2) is 9.04. The van der Waals surface area contributed by atoms with E-state index >= 15 is 0 Å². The number of pyridine rings is 1. The first-order valence-corrected chi connectivity index (χ1v) is 13.0. The van der Waals surface area contributed by atoms with Crippen LogP contribution >= 0.6 is 0 Å². The third-order valence-electron chi connectivity index (χ3n) is 7.95. The van der Waals surface area contributed by atoms with Crippen molar-refractivity contribution in [3.8, 4) is 11.1 Å². The third kappa shape index (κ3) is 4.23. The highest BCUT2D eigenvalue weighted by atomic mass is 19.1. The van der Waals surface area contributed by atoms with Gasteiger partial charge in [-0.25, -0.2) is 9.07 Å². The van der Waals surface area contributed by atoms with Crippen molar-refractivity contribution >= 4 is 23.6 Å². The normalized spacial score (nSPS) is 21.1. The van der Waals surface area contributed by atoms with Crippen LogP contribution in [0, 0.1) is 17.2 Å². The van der Waals surface area contributed by atoms with Crippen LogP contribution in [0.5, 0.6) is 0 Å². The van der Waals surface area contributed by atoms with Crippen LogP contribution in [0.2, 0.25) is 0 Å². The van der Waals surface area contributed by atoms with Crippen LogP contribution in [0.4, 0.5) is 10.2 Å². The molecule has 6 rings (SSSR count). The van der Waals surface area contributed by atoms with Crippen molar-refractivity contribution in [3.63, 3.8) is 0 Å². The molecule has 0 radical (unpaired) electrons. The minimum atomic E-state index is -0.509. The van der Waals surface area contributed by atoms with Crippen LogP contribution in [0.15, 0.2) is 66.1 Å². The van der Waals surface area contributed by atoms with Crippen LogP contribution in [-0.4, -0.2) is 26.5 Å². The van der Waals surface area contributed by atoms with Gasteiger partial charge < -0.3 is 11.1 Å². The molecule has 3 aromatic rings. The maximum absolute atomic E-state index is 13.6. The topological polar surface area (TPSA) is 103 Å². The zero-order valence-corrected chi connectivity index (χ0v) is 21.4. The molecule has 3 N–H and O–H groups in total. The van der Waals surface area contributed by atoms with E-state index in [0.29, 0.717) is 0 Å². The molecular formula is C30H30FN5O2. The number of nitrogens with one attached hydrogen (secondary N) is 1. The van der Waals surface area contributed by atoms with Gasteiger partial charge in [0.25, 0.3) is 0 Å². The lowest BCUT2D eigenvalue weighted by Crippen LogP contribution is -2.37. The van der Waals surface area contributed by atoms with E-state index in [1.165, 1.54) is 12.1 Å². The molecule has 7 nitrogen and oxygen atoms in total. The van der Waals surface area contributed by atoms with E-state index in [2.05, 4.69) is 15.4 Å². The molecule has 1 aliphatic heterocycles. The van der Waals surface area contributed by atoms with Crippen LogP contribution < -0.4 is 11.1 Å². The van der Waals surface area contributed by atoms with Gasteiger partial charge in [0.1, 0.15) is 17.7 Å². The van der Waals surface area contributed by atoms with Gasteiger partial charge in [-0.15, -0.1) is 0 Å². The molecule has 0 spiro atoms. The molecule has 2 unspecified atom stereocenters. The van der Waals surface area contributed by atoms with Gasteiger partial charge in [0.05, 0.1) is 11.9 Å². The van der Waals surface area contributed by atoms with Gasteiger partial charge in [-0.2, -0.15) is 5.10 Å². The second-order valence-electron chi connectivity index (χ2n) is 11.1. The van der Waals surface area contributed by atoms with E-state index in [1.54, 1.807) is 23.1 Å². The van der Waals surface area contributed by atoms with Crippen molar-refractivity contribution in [2.45, 2.75) is 51.5 Å². The van der Waals surface area contributed by atoms with E-state index in [9.17, 15) is 14.0 Å². The Balaban J connectivity index is 1.37. The highest BCUT2D eigenvalue weighted by Gasteiger charge is 2.45. The molecule has 38 heavy (non-hydrogen) atoms. The molecule has 0 saturated heterocycles. The van der Waals surface area contributed by atoms with Crippen LogP contribution in [-0.2, 0) is 9.59 Å². The smallest absolute Gasteiger partial charge is 0.242 e. The summed E-state index contributed by atoms with van der Waals surface area (Å²) in [7, 11) is 0. The van der Waals surface area contributed by atoms with E-state index in [-0.39, 0.29) is 23.4 Å². The number of primary amides is 1. The predicted octanol–water partition coefficient (Wildman–Crippen LogP) is 5.39. The third-order valence-corrected chi connectivity index (χ3v) is 7.95. The molecule has 1 amide bonds. The van der Waals surface area contributed by atoms with Gasteiger partial charge in [0.2, 0.25) is 5.91 Å². The molecule has 1 aromatic carbocycles. The van der Waals surface area contributed by atoms with Crippen LogP contribution in [0.25, 0.3) is 17.2 Å². The summed E-state index contributed by atoms with van der Waals surface area (Å²) in [6.07, 6.45) is 10.7. The second-order valence-corrected chi connectivity index (χ2v) is 11.1. The summed E-state index contributed by atoms with van der Waals surface area (Å²) in [5, 5.41) is 8.06. The number of allylic oxidation sites excluding steroid dienone is 3. The number of ketones is 1. The van der Waals surface area contributed by atoms with Gasteiger partial charge in [-0.1, -0.05) is 38.1 Å². The number of halogens is 1. The maximum Gasteiger partial charge on any atom is 0.242 e. The van der Waals surface area contributed by atoms with Crippen molar-refractivity contribution in [2.24, 2.45) is 17.1 Å². The van der Waals surface area contributed by atoms with E-state index < -0.39 is 17.4 Å². The molecule has 3 aliphatic rings. The number of nitrogens with two attached hydrogens (primary N) is 1. The summed E-state index contributed by atoms with van der Waals surface area (Å²) in [5.41, 5.74) is 10.1. The number of aromatic nitrogens is 3. The van der Waals surface area contributed by atoms with Crippen molar-refractivity contribution in [2.75, 3.05) is 5.32 Å². The lowest BCUT2D eigenvalue weighted by atomic mass is 9.69. The Morgan fingerprint density at radius 2 is 2.03 bits per heavy atom. The van der Waals surface area contributed by atoms with Crippen molar-refractivity contribution in [3.05, 3.63) is 83.2 Å². The number of fused-ring (bicyclic) bond motifs is 1. The summed E-state index contributed by atoms with van der Waals surface area (Å²) in [5.74, 6) is 0.0157. The van der Waals surface area contributed by atoms with Gasteiger partial charge in [0.15, 0.2) is 5.78 Å². The highest BCUT2D eigenvalue weighted by molar-refractivity contribution is 6.04. The first-order chi connectivity index (χ1) is 18.2. The monoisotopic (exact) mass is 511 g/mol. The number of nitrogens with zero attached hydrogens (tertiary/aromatic N) is 3. The molecule has 2 aliphatic carbocycles. The minimum absolute atomic E-state index is 0.113. The number of carbonyl (C=O) groups excluding carboxylic acids is 2. The fourth-order valence-electron chi connectivity index (χ4n) is 5.59. The Labute approximate surface area is 220 Å². The molecule has 1 fully saturated rings. The number of anilines is 1. The lowest BCUT2D eigenvalue weighted by molar-refractivity contribution is -0.124. The Morgan fingerprint density at radius 1 is 1.21 bits per heavy atom. The van der Waals surface area contributed by atoms with E-state index in [4.69, 9.17) is 5.73 Å². The SMILES string of the molecule is CC1(C)CCC2=C(C1=O)C(C=Cc1ccc(-c3cccc(F)c3)cn1)c1cnn(C(C(N)=O)C3CC3)c1N2. The summed E-state index contributed by atoms with van der Waals surface area (Å²) < 4.78 is 15.4. The Morgan fingerprint density at radius 3 is 2.71 bits per heavy atom. The first kappa shape index (κ1) is 24.3. The van der Waals surface area contributed by atoms with Gasteiger partial charge >= 0.3 is 0 Å². The molecule has 3 heterocycles. The zero-order chi connectivity index (χ0) is 26.6. The Bertz CT molecular complexity index is 1500. The van der Waals surface area contributed by atoms with E-state index in [0.717, 1.165) is 65.2 Å². The summed E-state index contributed by atoms with van der Waals surface area (Å²) >= 11 is 0. The molecular weight excluding hydrogens is 481 g/mol. The molecule has 1 saturated carbocycles. The fourth-order valence-corrected chi connectivity index (χ4v) is 5.59. The largest absolute Gasteiger partial charge is 0.368 e. The maximum atomic E-state index is 13.6. The number of carbonyl (C=O) groups is 2. The quantitative estimate of drug-likeness (QED) is 0.462. The summed E-state index contributed by atoms with van der Waals surface area (Å²) in [4.78, 5) is 30.5. The zero-order valence-electron chi connectivity index (χ0n) is 21.4. The summed E-state index contributed by atoms with van der Waals surface area (Å²) in [6.45, 7) is 3.98. The molecule has 2 aromatic heterocycles. The average Bonchev–Trinajstić information content (AvgIpc) is 3.64. The number of amides is 1. The molecule has 8 heteroatoms. The molecule has 194 valence electrons. The lowest BCUT2D eigenvalue weighted by Gasteiger charge is -2.37. The van der Waals surface area contributed by atoms with E-state index in [1.807, 2.05) is 44.2 Å². The van der Waals surface area contributed by atoms with Crippen LogP contribution in [0.3, 0.4) is 0 Å². The van der Waals surface area contributed by atoms with Crippen molar-refractivity contribution < 1.29 is 14.0 Å². The predicted molar refractivity (Wildman–Crippen MR) is 143 cm³/mol. The van der Waals surface area contributed by atoms with Gasteiger partial charge in [0, 0.05) is 39.9 Å². The number of hydrogen-bond donors (Lipinski definition) is 2. The van der Waals surface area contributed by atoms with Crippen molar-refractivity contribution in [1.29, 1.82) is 0 Å². The Hall–Kier alpha value is -4.07. The number of rotatable bonds is 6. The van der Waals surface area contributed by atoms with Crippen molar-refractivity contribution in [1.82, 2.24) is 14.8 Å². The summed E-state index contributed by atoms with van der Waals surface area (Å²) in [6, 6.07) is 9.68. The minimum Gasteiger partial charge on any atom is -0.368 e. The number of Topliss-reactive ketones (excluding diaryl/α,β-unsaturated/α-hetero) is 1. The van der Waals surface area contributed by atoms with Gasteiger partial charge in [-0.05, 0) is 61.4 Å². The molecule has 2 atom stereocenters. The standard InChI is InChI=1S/C30H30FN5O2/c1-30(2)13-12-24-25(27(30)37)22(23-16-34-36(29(23)35-24)26(28(32)38)17-6-7-17)11-10-21-9-8-19(15-33-21)18-4-3-5-20(31)14-18/h3-5,8-11,14-17,22,26,35H,6-7,12-13H2,1-2H3,(H2,32,38). The Kier molecular flexibility index (Phi) is 5.78. The highest BCUT2D eigenvalue weighted by Crippen LogP contribution is 2.49. The number of hydrogen-bond acceptors (Lipinski definition) is 5. The fraction of sp³-hybridized carbons (Fsp3) is 0.333. The molecule has 0 bridgehead atoms. The number of benzene rings is 1.